The van der Waals surface area contributed by atoms with Gasteiger partial charge in [0, 0.05) is 39.9 Å². The third-order valence-corrected chi connectivity index (χ3v) is 6.27. The lowest BCUT2D eigenvalue weighted by Gasteiger charge is -2.29. The van der Waals surface area contributed by atoms with Crippen LogP contribution in [-0.4, -0.2) is 22.7 Å². The summed E-state index contributed by atoms with van der Waals surface area (Å²) in [4.78, 5) is 14.6. The summed E-state index contributed by atoms with van der Waals surface area (Å²) in [6.45, 7) is 18.1. The quantitative estimate of drug-likeness (QED) is 0.276. The molecule has 0 spiro atoms. The third-order valence-electron chi connectivity index (χ3n) is 6.27. The number of fused-ring (bicyclic) bond motifs is 1. The first-order valence-corrected chi connectivity index (χ1v) is 12.2. The second-order valence-corrected chi connectivity index (χ2v) is 11.2. The van der Waals surface area contributed by atoms with Crippen LogP contribution in [0.25, 0.3) is 27.6 Å². The normalized spacial score (nSPS) is 12.9. The molecule has 0 aliphatic rings. The van der Waals surface area contributed by atoms with E-state index in [1.54, 1.807) is 0 Å². The first kappa shape index (κ1) is 25.6. The number of carbonyl (C=O) groups is 1. The van der Waals surface area contributed by atoms with Crippen molar-refractivity contribution in [1.29, 1.82) is 0 Å². The number of nitrogens with one attached hydrogen (secondary N) is 1. The maximum atomic E-state index is 11.2. The number of carboxylic acids is 1. The zero-order chi connectivity index (χ0) is 25.3. The highest BCUT2D eigenvalue weighted by molar-refractivity contribution is 6.00. The molecule has 2 N–H and O–H groups in total. The van der Waals surface area contributed by atoms with Crippen LogP contribution in [0.3, 0.4) is 0 Å². The first-order chi connectivity index (χ1) is 15.8. The average Bonchev–Trinajstić information content (AvgIpc) is 3.14. The minimum Gasteiger partial charge on any atom is -0.493 e. The minimum atomic E-state index is -0.939. The van der Waals surface area contributed by atoms with Crippen molar-refractivity contribution < 1.29 is 14.6 Å². The van der Waals surface area contributed by atoms with Crippen molar-refractivity contribution in [3.8, 4) is 16.9 Å². The predicted octanol–water partition coefficient (Wildman–Crippen LogP) is 8.10. The number of hydrogen-bond donors (Lipinski definition) is 2. The lowest BCUT2D eigenvalue weighted by Crippen LogP contribution is -2.18. The summed E-state index contributed by atoms with van der Waals surface area (Å²) < 4.78 is 6.50. The molecular weight excluding hydrogens is 422 g/mol. The van der Waals surface area contributed by atoms with E-state index in [1.807, 2.05) is 25.3 Å². The number of allylic oxidation sites excluding steroid dienone is 1. The van der Waals surface area contributed by atoms with Crippen LogP contribution >= 0.6 is 0 Å². The molecule has 0 aliphatic heterocycles. The molecule has 0 unspecified atom stereocenters. The van der Waals surface area contributed by atoms with E-state index >= 15 is 0 Å². The van der Waals surface area contributed by atoms with Gasteiger partial charge < -0.3 is 14.8 Å². The molecule has 0 atom stereocenters. The first-order valence-electron chi connectivity index (χ1n) is 12.2. The van der Waals surface area contributed by atoms with Crippen molar-refractivity contribution in [1.82, 2.24) is 4.98 Å². The molecule has 182 valence electrons. The Hall–Kier alpha value is -3.01. The lowest BCUT2D eigenvalue weighted by molar-refractivity contribution is -0.131. The van der Waals surface area contributed by atoms with Gasteiger partial charge in [-0.15, -0.1) is 0 Å². The lowest BCUT2D eigenvalue weighted by atomic mass is 9.78. The number of ether oxygens (including phenoxy) is 1. The Kier molecular flexibility index (Phi) is 7.30. The van der Waals surface area contributed by atoms with Crippen LogP contribution in [0, 0.1) is 0 Å². The molecule has 2 aromatic carbocycles. The van der Waals surface area contributed by atoms with Gasteiger partial charge in [-0.2, -0.15) is 0 Å². The van der Waals surface area contributed by atoms with Gasteiger partial charge in [0.1, 0.15) is 5.75 Å². The molecule has 0 radical (unpaired) electrons. The number of unbranched alkanes of at least 4 members (excludes halogenated alkanes) is 1. The van der Waals surface area contributed by atoms with Crippen molar-refractivity contribution in [2.45, 2.75) is 79.1 Å². The number of aromatic nitrogens is 1. The summed E-state index contributed by atoms with van der Waals surface area (Å²) in [6, 6.07) is 10.6. The van der Waals surface area contributed by atoms with E-state index < -0.39 is 5.97 Å². The zero-order valence-electron chi connectivity index (χ0n) is 21.9. The van der Waals surface area contributed by atoms with Crippen LogP contribution in [0.15, 0.2) is 42.6 Å². The van der Waals surface area contributed by atoms with Gasteiger partial charge in [-0.3, -0.25) is 0 Å². The highest BCUT2D eigenvalue weighted by atomic mass is 16.5. The Balaban J connectivity index is 2.33. The SMILES string of the molecule is CCCCOc1c(-c2c[nH]c3ccc(/C(C)=C\C(=O)O)cc23)cc(C(C)(C)C)cc1C(C)(C)C. The average molecular weight is 462 g/mol. The van der Waals surface area contributed by atoms with E-state index in [-0.39, 0.29) is 10.8 Å². The smallest absolute Gasteiger partial charge is 0.328 e. The van der Waals surface area contributed by atoms with E-state index in [0.717, 1.165) is 51.8 Å². The van der Waals surface area contributed by atoms with Crippen LogP contribution in [0.5, 0.6) is 5.75 Å². The van der Waals surface area contributed by atoms with Crippen LogP contribution in [0.4, 0.5) is 0 Å². The standard InChI is InChI=1S/C30H39NO3/c1-9-10-13-34-28-23(16-21(29(3,4)5)17-25(28)30(6,7)8)24-18-31-26-12-11-20(15-22(24)26)19(2)14-27(32)33/h11-12,14-18,31H,9-10,13H2,1-8H3,(H,32,33)/b19-14-. The molecule has 1 aromatic heterocycles. The molecule has 0 saturated carbocycles. The van der Waals surface area contributed by atoms with Gasteiger partial charge in [0.25, 0.3) is 0 Å². The minimum absolute atomic E-state index is 0.0191. The highest BCUT2D eigenvalue weighted by Crippen LogP contribution is 2.45. The van der Waals surface area contributed by atoms with Crippen molar-refractivity contribution in [2.75, 3.05) is 6.61 Å². The number of aromatic amines is 1. The molecular formula is C30H39NO3. The van der Waals surface area contributed by atoms with Crippen molar-refractivity contribution in [3.63, 3.8) is 0 Å². The van der Waals surface area contributed by atoms with Gasteiger partial charge in [0.2, 0.25) is 0 Å². The molecule has 0 saturated heterocycles. The Morgan fingerprint density at radius 1 is 1.03 bits per heavy atom. The number of H-pyrrole nitrogens is 1. The molecule has 3 aromatic rings. The molecule has 0 fully saturated rings. The summed E-state index contributed by atoms with van der Waals surface area (Å²) in [5.41, 5.74) is 7.15. The number of aliphatic carboxylic acids is 1. The van der Waals surface area contributed by atoms with E-state index in [2.05, 4.69) is 71.6 Å². The Bertz CT molecular complexity index is 1220. The van der Waals surface area contributed by atoms with Gasteiger partial charge in [-0.05, 0) is 59.1 Å². The highest BCUT2D eigenvalue weighted by Gasteiger charge is 2.27. The fraction of sp³-hybridized carbons (Fsp3) is 0.433. The van der Waals surface area contributed by atoms with E-state index in [0.29, 0.717) is 6.61 Å². The second kappa shape index (κ2) is 9.69. The molecule has 3 rings (SSSR count). The van der Waals surface area contributed by atoms with Crippen molar-refractivity contribution in [3.05, 3.63) is 59.3 Å². The Morgan fingerprint density at radius 2 is 1.74 bits per heavy atom. The van der Waals surface area contributed by atoms with E-state index in [9.17, 15) is 9.90 Å². The van der Waals surface area contributed by atoms with Crippen LogP contribution < -0.4 is 4.74 Å². The molecule has 34 heavy (non-hydrogen) atoms. The van der Waals surface area contributed by atoms with Crippen LogP contribution in [0.2, 0.25) is 0 Å². The maximum absolute atomic E-state index is 11.2. The van der Waals surface area contributed by atoms with Gasteiger partial charge in [-0.25, -0.2) is 4.79 Å². The second-order valence-electron chi connectivity index (χ2n) is 11.2. The summed E-state index contributed by atoms with van der Waals surface area (Å²) >= 11 is 0. The van der Waals surface area contributed by atoms with Gasteiger partial charge in [0.05, 0.1) is 6.61 Å². The topological polar surface area (TPSA) is 62.3 Å². The maximum Gasteiger partial charge on any atom is 0.328 e. The monoisotopic (exact) mass is 461 g/mol. The fourth-order valence-electron chi connectivity index (χ4n) is 4.15. The Morgan fingerprint density at radius 3 is 2.32 bits per heavy atom. The molecule has 0 bridgehead atoms. The Labute approximate surface area is 204 Å². The molecule has 1 heterocycles. The van der Waals surface area contributed by atoms with Gasteiger partial charge in [-0.1, -0.05) is 67.0 Å². The van der Waals surface area contributed by atoms with Crippen LogP contribution in [-0.2, 0) is 15.6 Å². The van der Waals surface area contributed by atoms with E-state index in [4.69, 9.17) is 4.74 Å². The van der Waals surface area contributed by atoms with Crippen LogP contribution in [0.1, 0.15) is 84.9 Å². The summed E-state index contributed by atoms with van der Waals surface area (Å²) in [7, 11) is 0. The summed E-state index contributed by atoms with van der Waals surface area (Å²) in [6.07, 6.45) is 5.38. The van der Waals surface area contributed by atoms with Gasteiger partial charge in [0.15, 0.2) is 0 Å². The summed E-state index contributed by atoms with van der Waals surface area (Å²) in [5, 5.41) is 10.3. The number of carboxylic acid groups (broad SMARTS) is 1. The van der Waals surface area contributed by atoms with Crippen molar-refractivity contribution >= 4 is 22.4 Å². The van der Waals surface area contributed by atoms with Crippen molar-refractivity contribution in [2.24, 2.45) is 0 Å². The predicted molar refractivity (Wildman–Crippen MR) is 143 cm³/mol. The fourth-order valence-corrected chi connectivity index (χ4v) is 4.15. The molecule has 4 heteroatoms. The molecule has 4 nitrogen and oxygen atoms in total. The number of rotatable bonds is 7. The molecule has 0 aliphatic carbocycles. The van der Waals surface area contributed by atoms with E-state index in [1.165, 1.54) is 17.2 Å². The zero-order valence-corrected chi connectivity index (χ0v) is 21.9. The number of hydrogen-bond acceptors (Lipinski definition) is 2. The summed E-state index contributed by atoms with van der Waals surface area (Å²) in [5.74, 6) is 0.00394. The third kappa shape index (κ3) is 5.55. The number of benzene rings is 2. The van der Waals surface area contributed by atoms with Gasteiger partial charge >= 0.3 is 5.97 Å². The largest absolute Gasteiger partial charge is 0.493 e. The molecule has 0 amide bonds.